The summed E-state index contributed by atoms with van der Waals surface area (Å²) in [6.45, 7) is 0.560. The van der Waals surface area contributed by atoms with E-state index in [4.69, 9.17) is 8.94 Å². The first-order chi connectivity index (χ1) is 12.2. The number of carbonyl (C=O) groups is 2. The summed E-state index contributed by atoms with van der Waals surface area (Å²) in [5.41, 5.74) is 0.933. The van der Waals surface area contributed by atoms with Gasteiger partial charge in [0.25, 0.3) is 5.91 Å². The second kappa shape index (κ2) is 6.27. The fourth-order valence-electron chi connectivity index (χ4n) is 2.83. The number of rotatable bonds is 4. The SMILES string of the molecule is O=C(N[C@H]1CCN(c2ccccc2)C1=O)c1cc(-c2ccco2)on1. The molecule has 2 amide bonds. The van der Waals surface area contributed by atoms with Crippen LogP contribution in [-0.2, 0) is 4.79 Å². The second-order valence-electron chi connectivity index (χ2n) is 5.69. The molecule has 1 fully saturated rings. The average Bonchev–Trinajstić information content (AvgIpc) is 3.37. The second-order valence-corrected chi connectivity index (χ2v) is 5.69. The van der Waals surface area contributed by atoms with Crippen LogP contribution in [0.5, 0.6) is 0 Å². The van der Waals surface area contributed by atoms with Gasteiger partial charge in [0.15, 0.2) is 11.5 Å². The van der Waals surface area contributed by atoms with Crippen molar-refractivity contribution < 1.29 is 18.5 Å². The highest BCUT2D eigenvalue weighted by Crippen LogP contribution is 2.23. The number of amides is 2. The zero-order valence-corrected chi connectivity index (χ0v) is 13.2. The van der Waals surface area contributed by atoms with E-state index < -0.39 is 11.9 Å². The van der Waals surface area contributed by atoms with Gasteiger partial charge in [0.2, 0.25) is 11.7 Å². The molecule has 0 spiro atoms. The Morgan fingerprint density at radius 3 is 2.76 bits per heavy atom. The van der Waals surface area contributed by atoms with Gasteiger partial charge in [-0.15, -0.1) is 0 Å². The van der Waals surface area contributed by atoms with Crippen LogP contribution in [-0.4, -0.2) is 29.6 Å². The molecule has 0 unspecified atom stereocenters. The zero-order valence-electron chi connectivity index (χ0n) is 13.2. The minimum Gasteiger partial charge on any atom is -0.461 e. The lowest BCUT2D eigenvalue weighted by Crippen LogP contribution is -2.41. The lowest BCUT2D eigenvalue weighted by atomic mass is 10.2. The van der Waals surface area contributed by atoms with Gasteiger partial charge in [-0.05, 0) is 30.7 Å². The molecule has 1 saturated heterocycles. The number of aromatic nitrogens is 1. The number of nitrogens with zero attached hydrogens (tertiary/aromatic N) is 2. The zero-order chi connectivity index (χ0) is 17.2. The number of hydrogen-bond donors (Lipinski definition) is 1. The largest absolute Gasteiger partial charge is 0.461 e. The predicted molar refractivity (Wildman–Crippen MR) is 88.9 cm³/mol. The molecule has 2 aromatic heterocycles. The van der Waals surface area contributed by atoms with E-state index in [0.29, 0.717) is 24.5 Å². The van der Waals surface area contributed by atoms with E-state index in [1.807, 2.05) is 30.3 Å². The lowest BCUT2D eigenvalue weighted by molar-refractivity contribution is -0.118. The van der Waals surface area contributed by atoms with Crippen molar-refractivity contribution in [2.45, 2.75) is 12.5 Å². The lowest BCUT2D eigenvalue weighted by Gasteiger charge is -2.16. The maximum atomic E-state index is 12.5. The maximum Gasteiger partial charge on any atom is 0.274 e. The third-order valence-corrected chi connectivity index (χ3v) is 4.09. The van der Waals surface area contributed by atoms with Crippen molar-refractivity contribution in [2.24, 2.45) is 0 Å². The first-order valence-corrected chi connectivity index (χ1v) is 7.90. The predicted octanol–water partition coefficient (Wildman–Crippen LogP) is 2.47. The highest BCUT2D eigenvalue weighted by Gasteiger charge is 2.34. The van der Waals surface area contributed by atoms with Gasteiger partial charge >= 0.3 is 0 Å². The Bertz CT molecular complexity index is 886. The van der Waals surface area contributed by atoms with Crippen LogP contribution >= 0.6 is 0 Å². The van der Waals surface area contributed by atoms with Crippen LogP contribution in [0.1, 0.15) is 16.9 Å². The fourth-order valence-corrected chi connectivity index (χ4v) is 2.83. The monoisotopic (exact) mass is 337 g/mol. The number of para-hydroxylation sites is 1. The van der Waals surface area contributed by atoms with Crippen molar-refractivity contribution in [2.75, 3.05) is 11.4 Å². The van der Waals surface area contributed by atoms with Gasteiger partial charge in [-0.2, -0.15) is 0 Å². The highest BCUT2D eigenvalue weighted by atomic mass is 16.5. The molecule has 1 aliphatic rings. The highest BCUT2D eigenvalue weighted by molar-refractivity contribution is 6.03. The van der Waals surface area contributed by atoms with Crippen molar-refractivity contribution in [1.82, 2.24) is 10.5 Å². The van der Waals surface area contributed by atoms with Crippen LogP contribution in [0.25, 0.3) is 11.5 Å². The molecule has 4 rings (SSSR count). The first kappa shape index (κ1) is 15.2. The van der Waals surface area contributed by atoms with Crippen molar-refractivity contribution in [3.8, 4) is 11.5 Å². The summed E-state index contributed by atoms with van der Waals surface area (Å²) in [4.78, 5) is 26.5. The number of carbonyl (C=O) groups excluding carboxylic acids is 2. The minimum absolute atomic E-state index is 0.109. The third kappa shape index (κ3) is 2.91. The fraction of sp³-hybridized carbons (Fsp3) is 0.167. The van der Waals surface area contributed by atoms with Crippen LogP contribution in [0.15, 0.2) is 63.7 Å². The standard InChI is InChI=1S/C18H15N3O4/c22-17(14-11-16(25-20-14)15-7-4-10-24-15)19-13-8-9-21(18(13)23)12-5-2-1-3-6-12/h1-7,10-11,13H,8-9H2,(H,19,22)/t13-/m0/s1. The van der Waals surface area contributed by atoms with Gasteiger partial charge in [0.1, 0.15) is 6.04 Å². The van der Waals surface area contributed by atoms with E-state index in [2.05, 4.69) is 10.5 Å². The molecule has 126 valence electrons. The van der Waals surface area contributed by atoms with E-state index in [1.165, 1.54) is 12.3 Å². The summed E-state index contributed by atoms with van der Waals surface area (Å²) >= 11 is 0. The Hall–Kier alpha value is -3.35. The van der Waals surface area contributed by atoms with Crippen LogP contribution < -0.4 is 10.2 Å². The molecule has 1 N–H and O–H groups in total. The summed E-state index contributed by atoms with van der Waals surface area (Å²) in [5, 5.41) is 6.46. The molecule has 0 bridgehead atoms. The molecule has 0 saturated carbocycles. The van der Waals surface area contributed by atoms with Crippen LogP contribution in [0.4, 0.5) is 5.69 Å². The Labute approximate surface area is 143 Å². The molecular weight excluding hydrogens is 322 g/mol. The van der Waals surface area contributed by atoms with Crippen LogP contribution in [0, 0.1) is 0 Å². The molecule has 7 heteroatoms. The molecule has 7 nitrogen and oxygen atoms in total. The summed E-state index contributed by atoms with van der Waals surface area (Å²) in [5.74, 6) is 0.265. The van der Waals surface area contributed by atoms with Crippen LogP contribution in [0.2, 0.25) is 0 Å². The van der Waals surface area contributed by atoms with Gasteiger partial charge in [0.05, 0.1) is 6.26 Å². The van der Waals surface area contributed by atoms with E-state index in [0.717, 1.165) is 5.69 Å². The van der Waals surface area contributed by atoms with Crippen molar-refractivity contribution in [3.05, 3.63) is 60.5 Å². The van der Waals surface area contributed by atoms with Crippen molar-refractivity contribution in [3.63, 3.8) is 0 Å². The molecule has 3 aromatic rings. The summed E-state index contributed by atoms with van der Waals surface area (Å²) in [7, 11) is 0. The number of hydrogen-bond acceptors (Lipinski definition) is 5. The Morgan fingerprint density at radius 1 is 1.16 bits per heavy atom. The van der Waals surface area contributed by atoms with Gasteiger partial charge in [-0.3, -0.25) is 9.59 Å². The molecule has 1 atom stereocenters. The molecule has 0 aliphatic carbocycles. The molecule has 0 radical (unpaired) electrons. The summed E-state index contributed by atoms with van der Waals surface area (Å²) < 4.78 is 10.3. The normalized spacial score (nSPS) is 17.0. The van der Waals surface area contributed by atoms with E-state index in [1.54, 1.807) is 17.0 Å². The van der Waals surface area contributed by atoms with Crippen LogP contribution in [0.3, 0.4) is 0 Å². The van der Waals surface area contributed by atoms with Gasteiger partial charge in [-0.25, -0.2) is 0 Å². The number of benzene rings is 1. The molecular formula is C18H15N3O4. The van der Waals surface area contributed by atoms with Gasteiger partial charge < -0.3 is 19.2 Å². The topological polar surface area (TPSA) is 88.6 Å². The smallest absolute Gasteiger partial charge is 0.274 e. The quantitative estimate of drug-likeness (QED) is 0.790. The summed E-state index contributed by atoms with van der Waals surface area (Å²) in [6.07, 6.45) is 2.05. The van der Waals surface area contributed by atoms with Gasteiger partial charge in [0, 0.05) is 18.3 Å². The maximum absolute atomic E-state index is 12.5. The molecule has 3 heterocycles. The minimum atomic E-state index is -0.573. The van der Waals surface area contributed by atoms with Gasteiger partial charge in [-0.1, -0.05) is 23.4 Å². The number of nitrogens with one attached hydrogen (secondary N) is 1. The Balaban J connectivity index is 1.44. The molecule has 1 aliphatic heterocycles. The first-order valence-electron chi connectivity index (χ1n) is 7.90. The number of anilines is 1. The van der Waals surface area contributed by atoms with Crippen molar-refractivity contribution in [1.29, 1.82) is 0 Å². The van der Waals surface area contributed by atoms with E-state index in [-0.39, 0.29) is 11.6 Å². The van der Waals surface area contributed by atoms with E-state index in [9.17, 15) is 9.59 Å². The number of furan rings is 1. The Morgan fingerprint density at radius 2 is 2.00 bits per heavy atom. The summed E-state index contributed by atoms with van der Waals surface area (Å²) in [6, 6.07) is 13.7. The molecule has 1 aromatic carbocycles. The van der Waals surface area contributed by atoms with Crippen molar-refractivity contribution >= 4 is 17.5 Å². The third-order valence-electron chi connectivity index (χ3n) is 4.09. The molecule has 25 heavy (non-hydrogen) atoms. The van der Waals surface area contributed by atoms with E-state index >= 15 is 0 Å². The Kier molecular flexibility index (Phi) is 3.81. The average molecular weight is 337 g/mol.